The Labute approximate surface area is 111 Å². The fraction of sp³-hybridized carbons (Fsp3) is 0.688. The second kappa shape index (κ2) is 7.52. The van der Waals surface area contributed by atoms with Gasteiger partial charge in [0.1, 0.15) is 0 Å². The van der Waals surface area contributed by atoms with Crippen molar-refractivity contribution in [2.45, 2.75) is 57.4 Å². The van der Waals surface area contributed by atoms with E-state index in [1.54, 1.807) is 0 Å². The molecule has 1 aliphatic rings. The molecule has 18 heavy (non-hydrogen) atoms. The van der Waals surface area contributed by atoms with E-state index in [4.69, 9.17) is 0 Å². The lowest BCUT2D eigenvalue weighted by Crippen LogP contribution is -2.29. The lowest BCUT2D eigenvalue weighted by Gasteiger charge is -2.26. The van der Waals surface area contributed by atoms with Crippen molar-refractivity contribution >= 4 is 0 Å². The van der Waals surface area contributed by atoms with Crippen molar-refractivity contribution in [3.8, 4) is 0 Å². The van der Waals surface area contributed by atoms with E-state index in [0.29, 0.717) is 6.04 Å². The summed E-state index contributed by atoms with van der Waals surface area (Å²) in [6.07, 6.45) is 14.8. The van der Waals surface area contributed by atoms with Crippen LogP contribution in [0, 0.1) is 5.92 Å². The van der Waals surface area contributed by atoms with Crippen molar-refractivity contribution in [1.29, 1.82) is 0 Å². The molecule has 1 aromatic rings. The Morgan fingerprint density at radius 3 is 2.61 bits per heavy atom. The van der Waals surface area contributed by atoms with E-state index >= 15 is 0 Å². The van der Waals surface area contributed by atoms with Gasteiger partial charge in [-0.05, 0) is 49.9 Å². The SMILES string of the molecule is CNC(CCc1ccncc1)CC1CCCCC1. The first-order valence-electron chi connectivity index (χ1n) is 7.44. The summed E-state index contributed by atoms with van der Waals surface area (Å²) >= 11 is 0. The standard InChI is InChI=1S/C16H26N2/c1-17-16(13-15-5-3-2-4-6-15)8-7-14-9-11-18-12-10-14/h9-12,15-17H,2-8,13H2,1H3. The maximum atomic E-state index is 4.07. The number of hydrogen-bond donors (Lipinski definition) is 1. The molecule has 1 heterocycles. The Morgan fingerprint density at radius 2 is 1.94 bits per heavy atom. The highest BCUT2D eigenvalue weighted by Gasteiger charge is 2.17. The van der Waals surface area contributed by atoms with E-state index in [2.05, 4.69) is 29.5 Å². The van der Waals surface area contributed by atoms with E-state index in [1.807, 2.05) is 12.4 Å². The van der Waals surface area contributed by atoms with Crippen molar-refractivity contribution in [1.82, 2.24) is 10.3 Å². The molecule has 0 amide bonds. The Balaban J connectivity index is 1.74. The first-order chi connectivity index (χ1) is 8.88. The van der Waals surface area contributed by atoms with Gasteiger partial charge in [-0.1, -0.05) is 32.1 Å². The van der Waals surface area contributed by atoms with E-state index in [0.717, 1.165) is 5.92 Å². The second-order valence-electron chi connectivity index (χ2n) is 5.62. The maximum absolute atomic E-state index is 4.07. The van der Waals surface area contributed by atoms with Crippen molar-refractivity contribution in [2.75, 3.05) is 7.05 Å². The normalized spacial score (nSPS) is 18.7. The summed E-state index contributed by atoms with van der Waals surface area (Å²) in [6.45, 7) is 0. The van der Waals surface area contributed by atoms with Gasteiger partial charge in [0.05, 0.1) is 0 Å². The quantitative estimate of drug-likeness (QED) is 0.830. The minimum Gasteiger partial charge on any atom is -0.317 e. The first-order valence-corrected chi connectivity index (χ1v) is 7.44. The molecule has 1 saturated carbocycles. The molecule has 2 rings (SSSR count). The van der Waals surface area contributed by atoms with E-state index in [1.165, 1.54) is 56.9 Å². The predicted molar refractivity (Wildman–Crippen MR) is 76.6 cm³/mol. The number of aryl methyl sites for hydroxylation is 1. The number of aromatic nitrogens is 1. The number of hydrogen-bond acceptors (Lipinski definition) is 2. The van der Waals surface area contributed by atoms with Gasteiger partial charge in [0.25, 0.3) is 0 Å². The largest absolute Gasteiger partial charge is 0.317 e. The Morgan fingerprint density at radius 1 is 1.22 bits per heavy atom. The van der Waals surface area contributed by atoms with Crippen molar-refractivity contribution in [2.24, 2.45) is 5.92 Å². The van der Waals surface area contributed by atoms with Gasteiger partial charge in [0.15, 0.2) is 0 Å². The third-order valence-electron chi connectivity index (χ3n) is 4.28. The minimum atomic E-state index is 0.682. The first kappa shape index (κ1) is 13.5. The molecule has 1 N–H and O–H groups in total. The number of nitrogens with zero attached hydrogens (tertiary/aromatic N) is 1. The molecule has 1 unspecified atom stereocenters. The average Bonchev–Trinajstić information content (AvgIpc) is 2.45. The number of pyridine rings is 1. The minimum absolute atomic E-state index is 0.682. The van der Waals surface area contributed by atoms with E-state index in [9.17, 15) is 0 Å². The molecule has 0 aliphatic heterocycles. The Hall–Kier alpha value is -0.890. The van der Waals surface area contributed by atoms with Crippen LogP contribution in [0.1, 0.15) is 50.5 Å². The molecule has 2 nitrogen and oxygen atoms in total. The van der Waals surface area contributed by atoms with Gasteiger partial charge in [-0.3, -0.25) is 4.98 Å². The van der Waals surface area contributed by atoms with Crippen molar-refractivity contribution < 1.29 is 0 Å². The fourth-order valence-corrected chi connectivity index (χ4v) is 3.10. The summed E-state index contributed by atoms with van der Waals surface area (Å²) in [5.74, 6) is 0.966. The van der Waals surface area contributed by atoms with Gasteiger partial charge in [-0.15, -0.1) is 0 Å². The molecule has 100 valence electrons. The highest BCUT2D eigenvalue weighted by atomic mass is 14.9. The summed E-state index contributed by atoms with van der Waals surface area (Å²) in [4.78, 5) is 4.07. The van der Waals surface area contributed by atoms with Crippen LogP contribution in [-0.4, -0.2) is 18.1 Å². The van der Waals surface area contributed by atoms with Gasteiger partial charge in [-0.25, -0.2) is 0 Å². The number of nitrogens with one attached hydrogen (secondary N) is 1. The molecular formula is C16H26N2. The molecule has 1 aromatic heterocycles. The summed E-state index contributed by atoms with van der Waals surface area (Å²) in [6, 6.07) is 4.95. The summed E-state index contributed by atoms with van der Waals surface area (Å²) in [5.41, 5.74) is 1.41. The van der Waals surface area contributed by atoms with Crippen LogP contribution < -0.4 is 5.32 Å². The molecule has 1 aliphatic carbocycles. The van der Waals surface area contributed by atoms with Crippen LogP contribution in [0.5, 0.6) is 0 Å². The maximum Gasteiger partial charge on any atom is 0.0270 e. The van der Waals surface area contributed by atoms with Crippen LogP contribution in [0.25, 0.3) is 0 Å². The molecule has 0 bridgehead atoms. The zero-order valence-corrected chi connectivity index (χ0v) is 11.6. The van der Waals surface area contributed by atoms with E-state index < -0.39 is 0 Å². The smallest absolute Gasteiger partial charge is 0.0270 e. The molecule has 1 atom stereocenters. The summed E-state index contributed by atoms with van der Waals surface area (Å²) in [7, 11) is 2.11. The second-order valence-corrected chi connectivity index (χ2v) is 5.62. The van der Waals surface area contributed by atoms with Crippen LogP contribution in [0.3, 0.4) is 0 Å². The molecule has 0 radical (unpaired) electrons. The number of rotatable bonds is 6. The monoisotopic (exact) mass is 246 g/mol. The van der Waals surface area contributed by atoms with Crippen molar-refractivity contribution in [3.05, 3.63) is 30.1 Å². The highest BCUT2D eigenvalue weighted by Crippen LogP contribution is 2.28. The Kier molecular flexibility index (Phi) is 5.66. The van der Waals surface area contributed by atoms with Gasteiger partial charge >= 0.3 is 0 Å². The lowest BCUT2D eigenvalue weighted by atomic mass is 9.84. The van der Waals surface area contributed by atoms with Gasteiger partial charge in [0.2, 0.25) is 0 Å². The predicted octanol–water partition coefficient (Wildman–Crippen LogP) is 3.57. The molecule has 2 heteroatoms. The zero-order valence-electron chi connectivity index (χ0n) is 11.6. The topological polar surface area (TPSA) is 24.9 Å². The van der Waals surface area contributed by atoms with Crippen LogP contribution >= 0.6 is 0 Å². The van der Waals surface area contributed by atoms with Crippen molar-refractivity contribution in [3.63, 3.8) is 0 Å². The van der Waals surface area contributed by atoms with Crippen LogP contribution in [0.4, 0.5) is 0 Å². The summed E-state index contributed by atoms with van der Waals surface area (Å²) < 4.78 is 0. The summed E-state index contributed by atoms with van der Waals surface area (Å²) in [5, 5.41) is 3.50. The highest BCUT2D eigenvalue weighted by molar-refractivity contribution is 5.09. The van der Waals surface area contributed by atoms with E-state index in [-0.39, 0.29) is 0 Å². The van der Waals surface area contributed by atoms with Gasteiger partial charge in [0, 0.05) is 18.4 Å². The molecule has 0 saturated heterocycles. The molecule has 0 aromatic carbocycles. The molecule has 1 fully saturated rings. The molecular weight excluding hydrogens is 220 g/mol. The van der Waals surface area contributed by atoms with Crippen LogP contribution in [0.15, 0.2) is 24.5 Å². The third-order valence-corrected chi connectivity index (χ3v) is 4.28. The average molecular weight is 246 g/mol. The third kappa shape index (κ3) is 4.41. The van der Waals surface area contributed by atoms with Gasteiger partial charge in [-0.2, -0.15) is 0 Å². The Bertz CT molecular complexity index is 317. The zero-order chi connectivity index (χ0) is 12.6. The lowest BCUT2D eigenvalue weighted by molar-refractivity contribution is 0.297. The fourth-order valence-electron chi connectivity index (χ4n) is 3.10. The van der Waals surface area contributed by atoms with Gasteiger partial charge < -0.3 is 5.32 Å². The van der Waals surface area contributed by atoms with Crippen LogP contribution in [0.2, 0.25) is 0 Å². The van der Waals surface area contributed by atoms with Crippen LogP contribution in [-0.2, 0) is 6.42 Å². The molecule has 0 spiro atoms.